The first-order valence-corrected chi connectivity index (χ1v) is 6.25. The Morgan fingerprint density at radius 1 is 1.26 bits per heavy atom. The molecule has 19 heavy (non-hydrogen) atoms. The van der Waals surface area contributed by atoms with E-state index >= 15 is 0 Å². The summed E-state index contributed by atoms with van der Waals surface area (Å²) in [4.78, 5) is 13.1. The molecule has 0 aliphatic rings. The molecule has 0 amide bonds. The average Bonchev–Trinajstić information content (AvgIpc) is 2.42. The topological polar surface area (TPSA) is 38.8 Å². The average molecular weight is 263 g/mol. The molecule has 1 aromatic rings. The van der Waals surface area contributed by atoms with Crippen molar-refractivity contribution in [1.82, 2.24) is 4.90 Å². The Hall–Kier alpha value is -1.81. The van der Waals surface area contributed by atoms with Crippen LogP contribution >= 0.6 is 0 Å². The summed E-state index contributed by atoms with van der Waals surface area (Å²) in [5, 5.41) is 0. The smallest absolute Gasteiger partial charge is 0.330 e. The first-order valence-electron chi connectivity index (χ1n) is 6.25. The van der Waals surface area contributed by atoms with Gasteiger partial charge >= 0.3 is 5.97 Å². The quantitative estimate of drug-likeness (QED) is 0.429. The van der Waals surface area contributed by atoms with Crippen molar-refractivity contribution in [3.05, 3.63) is 35.9 Å². The number of nitrogens with zero attached hydrogens (tertiary/aromatic N) is 1. The van der Waals surface area contributed by atoms with Crippen molar-refractivity contribution >= 4 is 12.0 Å². The zero-order valence-electron chi connectivity index (χ0n) is 11.8. The number of hydrogen-bond donors (Lipinski definition) is 0. The molecule has 0 saturated carbocycles. The van der Waals surface area contributed by atoms with Crippen LogP contribution in [0.3, 0.4) is 0 Å². The van der Waals surface area contributed by atoms with E-state index in [2.05, 4.69) is 9.64 Å². The lowest BCUT2D eigenvalue weighted by molar-refractivity contribution is -0.134. The molecule has 0 aliphatic carbocycles. The third-order valence-corrected chi connectivity index (χ3v) is 2.51. The van der Waals surface area contributed by atoms with Crippen LogP contribution in [-0.2, 0) is 9.53 Å². The van der Waals surface area contributed by atoms with E-state index in [-0.39, 0.29) is 5.97 Å². The Bertz CT molecular complexity index is 410. The number of ether oxygens (including phenoxy) is 2. The summed E-state index contributed by atoms with van der Waals surface area (Å²) >= 11 is 0. The predicted octanol–water partition coefficient (Wildman–Crippen LogP) is 2.20. The van der Waals surface area contributed by atoms with E-state index in [1.165, 1.54) is 13.2 Å². The fourth-order valence-corrected chi connectivity index (χ4v) is 1.48. The second-order valence-electron chi connectivity index (χ2n) is 4.43. The largest absolute Gasteiger partial charge is 0.494 e. The third kappa shape index (κ3) is 6.62. The van der Waals surface area contributed by atoms with Crippen LogP contribution in [0.5, 0.6) is 5.75 Å². The molecule has 0 aliphatic heterocycles. The van der Waals surface area contributed by atoms with Gasteiger partial charge in [-0.1, -0.05) is 12.1 Å². The molecule has 4 nitrogen and oxygen atoms in total. The number of esters is 1. The Morgan fingerprint density at radius 3 is 2.53 bits per heavy atom. The standard InChI is InChI=1S/C15H21NO3/c1-16(2)11-4-12-19-14-8-5-13(6-9-14)7-10-15(17)18-3/h5-10H,4,11-12H2,1-3H3. The van der Waals surface area contributed by atoms with Crippen molar-refractivity contribution in [2.75, 3.05) is 34.4 Å². The second kappa shape index (κ2) is 8.32. The molecule has 1 rings (SSSR count). The molecule has 0 radical (unpaired) electrons. The van der Waals surface area contributed by atoms with Gasteiger partial charge in [-0.2, -0.15) is 0 Å². The van der Waals surface area contributed by atoms with Crippen molar-refractivity contribution in [1.29, 1.82) is 0 Å². The van der Waals surface area contributed by atoms with Crippen LogP contribution in [0.25, 0.3) is 6.08 Å². The van der Waals surface area contributed by atoms with Crippen LogP contribution in [0, 0.1) is 0 Å². The fourth-order valence-electron chi connectivity index (χ4n) is 1.48. The summed E-state index contributed by atoms with van der Waals surface area (Å²) in [6.07, 6.45) is 4.10. The first kappa shape index (κ1) is 15.2. The maximum Gasteiger partial charge on any atom is 0.330 e. The monoisotopic (exact) mass is 263 g/mol. The number of hydrogen-bond acceptors (Lipinski definition) is 4. The molecule has 0 unspecified atom stereocenters. The van der Waals surface area contributed by atoms with Gasteiger partial charge in [-0.05, 0) is 44.3 Å². The molecule has 104 valence electrons. The molecule has 0 atom stereocenters. The van der Waals surface area contributed by atoms with E-state index in [1.54, 1.807) is 6.08 Å². The summed E-state index contributed by atoms with van der Waals surface area (Å²) < 4.78 is 10.1. The molecule has 0 saturated heterocycles. The van der Waals surface area contributed by atoms with E-state index in [0.29, 0.717) is 6.61 Å². The van der Waals surface area contributed by atoms with E-state index in [9.17, 15) is 4.79 Å². The van der Waals surface area contributed by atoms with Gasteiger partial charge in [0.25, 0.3) is 0 Å². The zero-order chi connectivity index (χ0) is 14.1. The lowest BCUT2D eigenvalue weighted by Gasteiger charge is -2.10. The van der Waals surface area contributed by atoms with Crippen molar-refractivity contribution in [3.63, 3.8) is 0 Å². The highest BCUT2D eigenvalue weighted by Gasteiger charge is 1.96. The van der Waals surface area contributed by atoms with Gasteiger partial charge in [0.1, 0.15) is 5.75 Å². The highest BCUT2D eigenvalue weighted by Crippen LogP contribution is 2.13. The lowest BCUT2D eigenvalue weighted by Crippen LogP contribution is -2.15. The highest BCUT2D eigenvalue weighted by molar-refractivity contribution is 5.86. The van der Waals surface area contributed by atoms with Gasteiger partial charge in [-0.25, -0.2) is 4.79 Å². The third-order valence-electron chi connectivity index (χ3n) is 2.51. The predicted molar refractivity (Wildman–Crippen MR) is 76.2 cm³/mol. The Kier molecular flexibility index (Phi) is 6.68. The molecule has 0 bridgehead atoms. The summed E-state index contributed by atoms with van der Waals surface area (Å²) in [5.41, 5.74) is 0.936. The van der Waals surface area contributed by atoms with Gasteiger partial charge in [-0.3, -0.25) is 0 Å². The number of methoxy groups -OCH3 is 1. The van der Waals surface area contributed by atoms with E-state index < -0.39 is 0 Å². The van der Waals surface area contributed by atoms with Gasteiger partial charge < -0.3 is 14.4 Å². The van der Waals surface area contributed by atoms with Crippen molar-refractivity contribution in [3.8, 4) is 5.75 Å². The molecule has 4 heteroatoms. The summed E-state index contributed by atoms with van der Waals surface area (Å²) in [6, 6.07) is 7.60. The van der Waals surface area contributed by atoms with Crippen molar-refractivity contribution in [2.45, 2.75) is 6.42 Å². The van der Waals surface area contributed by atoms with Crippen LogP contribution in [0.2, 0.25) is 0 Å². The maximum absolute atomic E-state index is 10.9. The molecule has 1 aromatic carbocycles. The number of carbonyl (C=O) groups is 1. The van der Waals surface area contributed by atoms with Crippen LogP contribution < -0.4 is 4.74 Å². The van der Waals surface area contributed by atoms with E-state index in [1.807, 2.05) is 38.4 Å². The normalized spacial score (nSPS) is 10.9. The summed E-state index contributed by atoms with van der Waals surface area (Å²) in [5.74, 6) is 0.484. The highest BCUT2D eigenvalue weighted by atomic mass is 16.5. The molecule has 0 fully saturated rings. The number of carbonyl (C=O) groups excluding carboxylic acids is 1. The van der Waals surface area contributed by atoms with Crippen LogP contribution in [-0.4, -0.2) is 45.2 Å². The van der Waals surface area contributed by atoms with Crippen LogP contribution in [0.4, 0.5) is 0 Å². The molecular formula is C15H21NO3. The fraction of sp³-hybridized carbons (Fsp3) is 0.400. The zero-order valence-corrected chi connectivity index (χ0v) is 11.8. The van der Waals surface area contributed by atoms with Gasteiger partial charge in [0.2, 0.25) is 0 Å². The SMILES string of the molecule is COC(=O)C=Cc1ccc(OCCCN(C)C)cc1. The first-order chi connectivity index (χ1) is 9.11. The summed E-state index contributed by atoms with van der Waals surface area (Å²) in [7, 11) is 5.45. The maximum atomic E-state index is 10.9. The molecular weight excluding hydrogens is 242 g/mol. The molecule has 0 spiro atoms. The lowest BCUT2D eigenvalue weighted by atomic mass is 10.2. The molecule has 0 heterocycles. The molecule has 0 N–H and O–H groups in total. The van der Waals surface area contributed by atoms with E-state index in [0.717, 1.165) is 24.3 Å². The van der Waals surface area contributed by atoms with Gasteiger partial charge in [0.15, 0.2) is 0 Å². The Labute approximate surface area is 114 Å². The minimum Gasteiger partial charge on any atom is -0.494 e. The molecule has 0 aromatic heterocycles. The number of rotatable bonds is 7. The van der Waals surface area contributed by atoms with Gasteiger partial charge in [-0.15, -0.1) is 0 Å². The van der Waals surface area contributed by atoms with Crippen molar-refractivity contribution in [2.24, 2.45) is 0 Å². The van der Waals surface area contributed by atoms with E-state index in [4.69, 9.17) is 4.74 Å². The Balaban J connectivity index is 2.39. The van der Waals surface area contributed by atoms with Crippen LogP contribution in [0.1, 0.15) is 12.0 Å². The minimum absolute atomic E-state index is 0.357. The summed E-state index contributed by atoms with van der Waals surface area (Å²) in [6.45, 7) is 1.72. The van der Waals surface area contributed by atoms with Gasteiger partial charge in [0.05, 0.1) is 13.7 Å². The Morgan fingerprint density at radius 2 is 1.95 bits per heavy atom. The van der Waals surface area contributed by atoms with Gasteiger partial charge in [0, 0.05) is 12.6 Å². The number of benzene rings is 1. The van der Waals surface area contributed by atoms with Crippen molar-refractivity contribution < 1.29 is 14.3 Å². The second-order valence-corrected chi connectivity index (χ2v) is 4.43. The van der Waals surface area contributed by atoms with Crippen LogP contribution in [0.15, 0.2) is 30.3 Å². The minimum atomic E-state index is -0.357.